The van der Waals surface area contributed by atoms with E-state index in [-0.39, 0.29) is 37.2 Å². The number of piperidine rings is 1. The molecule has 3 aliphatic rings. The molecule has 3 heterocycles. The molecule has 7 nitrogen and oxygen atoms in total. The fraction of sp³-hybridized carbons (Fsp3) is 0.552. The summed E-state index contributed by atoms with van der Waals surface area (Å²) < 4.78 is 87.8. The number of pyridine rings is 1. The van der Waals surface area contributed by atoms with Crippen LogP contribution in [0.4, 0.5) is 27.6 Å². The van der Waals surface area contributed by atoms with Gasteiger partial charge in [-0.3, -0.25) is 4.98 Å². The zero-order valence-corrected chi connectivity index (χ0v) is 22.0. The van der Waals surface area contributed by atoms with Crippen molar-refractivity contribution in [2.45, 2.75) is 58.0 Å². The predicted molar refractivity (Wildman–Crippen MR) is 145 cm³/mol. The van der Waals surface area contributed by atoms with Crippen molar-refractivity contribution in [1.29, 1.82) is 0 Å². The van der Waals surface area contributed by atoms with Gasteiger partial charge in [0.05, 0.1) is 17.7 Å². The number of aromatic nitrogens is 2. The number of unbranched alkanes of at least 4 members (excludes halogenated alkanes) is 1. The molecule has 12 heteroatoms. The summed E-state index contributed by atoms with van der Waals surface area (Å²) in [4.78, 5) is 4.25. The van der Waals surface area contributed by atoms with Crippen molar-refractivity contribution in [1.82, 2.24) is 14.9 Å². The first kappa shape index (κ1) is 29.5. The molecule has 2 unspecified atom stereocenters. The van der Waals surface area contributed by atoms with Gasteiger partial charge in [-0.2, -0.15) is 0 Å². The van der Waals surface area contributed by atoms with Crippen molar-refractivity contribution >= 4 is 16.6 Å². The quantitative estimate of drug-likeness (QED) is 0.157. The van der Waals surface area contributed by atoms with E-state index < -0.39 is 35.0 Å². The van der Waals surface area contributed by atoms with Crippen LogP contribution in [0.2, 0.25) is 0 Å². The summed E-state index contributed by atoms with van der Waals surface area (Å²) in [5.74, 6) is -2.28. The van der Waals surface area contributed by atoms with E-state index in [9.17, 15) is 17.6 Å². The summed E-state index contributed by atoms with van der Waals surface area (Å²) in [6.45, 7) is 3.18. The highest BCUT2D eigenvalue weighted by Gasteiger charge is 2.55. The van der Waals surface area contributed by atoms with Crippen LogP contribution in [-0.4, -0.2) is 49.3 Å². The van der Waals surface area contributed by atoms with Crippen molar-refractivity contribution in [3.63, 3.8) is 0 Å². The second kappa shape index (κ2) is 11.4. The van der Waals surface area contributed by atoms with Gasteiger partial charge in [0.15, 0.2) is 17.4 Å². The minimum atomic E-state index is -5.20. The van der Waals surface area contributed by atoms with E-state index in [1.54, 1.807) is 7.11 Å². The molecule has 2 aromatic heterocycles. The molecule has 2 saturated carbocycles. The fourth-order valence-electron chi connectivity index (χ4n) is 6.25. The third-order valence-electron chi connectivity index (χ3n) is 8.13. The van der Waals surface area contributed by atoms with Gasteiger partial charge in [-0.25, -0.2) is 8.78 Å². The first-order chi connectivity index (χ1) is 19.2. The van der Waals surface area contributed by atoms with Gasteiger partial charge in [0.2, 0.25) is 0 Å². The van der Waals surface area contributed by atoms with E-state index in [0.29, 0.717) is 36.5 Å². The largest absolute Gasteiger partial charge is 0.573 e. The van der Waals surface area contributed by atoms with Crippen LogP contribution in [0.15, 0.2) is 18.3 Å². The molecule has 2 atom stereocenters. The van der Waals surface area contributed by atoms with Crippen molar-refractivity contribution in [2.75, 3.05) is 39.1 Å². The molecule has 2 aliphatic carbocycles. The lowest BCUT2D eigenvalue weighted by Gasteiger charge is -2.16. The maximum Gasteiger partial charge on any atom is 0.573 e. The zero-order valence-electron chi connectivity index (χ0n) is 22.0. The number of nitrogens with two attached hydrogens (primary N) is 1. The van der Waals surface area contributed by atoms with E-state index in [0.717, 1.165) is 56.1 Å². The second-order valence-electron chi connectivity index (χ2n) is 10.8. The smallest absolute Gasteiger partial charge is 0.402 e. The van der Waals surface area contributed by atoms with E-state index in [1.807, 2.05) is 4.57 Å². The number of ether oxygens (including phenoxy) is 3. The minimum Gasteiger partial charge on any atom is -0.402 e. The Morgan fingerprint density at radius 2 is 1.80 bits per heavy atom. The number of nitrogen functional groups attached to an aromatic ring is 1. The lowest BCUT2D eigenvalue weighted by Crippen LogP contribution is -2.19. The molecule has 1 aliphatic heterocycles. The Hall–Kier alpha value is -2.96. The van der Waals surface area contributed by atoms with Crippen molar-refractivity contribution in [3.05, 3.63) is 41.2 Å². The van der Waals surface area contributed by atoms with Crippen molar-refractivity contribution in [2.24, 2.45) is 11.8 Å². The molecule has 3 fully saturated rings. The van der Waals surface area contributed by atoms with Gasteiger partial charge in [-0.15, -0.1) is 13.2 Å². The standard InChI is InChI=1S/C28H31F5N4O3.CH4/c1-38-6-2-3-7-39-13-21-23(22-17-10-35-11-18(17)22)19-12-36-25(24(30)26(19)37(21)15-4-5-15)16-8-14(34)9-20(29)27(16)40-28(31,32)33;/h8-9,12,15,17-18,22,35H,2-7,10-11,13,34H2,1H3;1H4. The summed E-state index contributed by atoms with van der Waals surface area (Å²) in [6, 6.07) is 1.79. The van der Waals surface area contributed by atoms with Crippen molar-refractivity contribution < 1.29 is 36.2 Å². The first-order valence-corrected chi connectivity index (χ1v) is 13.5. The molecule has 1 aromatic carbocycles. The highest BCUT2D eigenvalue weighted by molar-refractivity contribution is 5.91. The third-order valence-corrected chi connectivity index (χ3v) is 8.13. The molecule has 224 valence electrons. The number of hydrogen-bond donors (Lipinski definition) is 2. The number of nitrogens with one attached hydrogen (secondary N) is 1. The molecular weight excluding hydrogens is 547 g/mol. The Morgan fingerprint density at radius 3 is 2.46 bits per heavy atom. The zero-order chi connectivity index (χ0) is 28.2. The molecule has 3 aromatic rings. The van der Waals surface area contributed by atoms with E-state index in [2.05, 4.69) is 15.0 Å². The Balaban J connectivity index is 0.00000337. The molecular formula is C29H35F5N4O3. The summed E-state index contributed by atoms with van der Waals surface area (Å²) in [6.07, 6.45) is -0.350. The lowest BCUT2D eigenvalue weighted by molar-refractivity contribution is -0.275. The topological polar surface area (TPSA) is 83.6 Å². The lowest BCUT2D eigenvalue weighted by atomic mass is 10.0. The molecule has 41 heavy (non-hydrogen) atoms. The van der Waals surface area contributed by atoms with Crippen LogP contribution in [0.3, 0.4) is 0 Å². The van der Waals surface area contributed by atoms with Crippen LogP contribution in [0.5, 0.6) is 5.75 Å². The Bertz CT molecular complexity index is 1410. The Labute approximate surface area is 235 Å². The Morgan fingerprint density at radius 1 is 1.10 bits per heavy atom. The molecule has 0 amide bonds. The number of fused-ring (bicyclic) bond motifs is 2. The molecule has 1 saturated heterocycles. The van der Waals surface area contributed by atoms with Crippen LogP contribution < -0.4 is 15.8 Å². The molecule has 0 spiro atoms. The number of hydrogen-bond acceptors (Lipinski definition) is 6. The highest BCUT2D eigenvalue weighted by Crippen LogP contribution is 2.59. The number of anilines is 1. The van der Waals surface area contributed by atoms with Gasteiger partial charge in [0, 0.05) is 55.4 Å². The number of alkyl halides is 3. The van der Waals surface area contributed by atoms with Gasteiger partial charge in [0.1, 0.15) is 5.69 Å². The maximum atomic E-state index is 16.5. The third kappa shape index (κ3) is 5.61. The van der Waals surface area contributed by atoms with Gasteiger partial charge in [-0.05, 0) is 68.2 Å². The summed E-state index contributed by atoms with van der Waals surface area (Å²) in [5.41, 5.74) is 6.75. The molecule has 6 rings (SSSR count). The predicted octanol–water partition coefficient (Wildman–Crippen LogP) is 6.31. The maximum absolute atomic E-state index is 16.5. The van der Waals surface area contributed by atoms with Crippen molar-refractivity contribution in [3.8, 4) is 17.0 Å². The highest BCUT2D eigenvalue weighted by atomic mass is 19.4. The van der Waals surface area contributed by atoms with Gasteiger partial charge < -0.3 is 29.8 Å². The Kier molecular flexibility index (Phi) is 8.19. The van der Waals surface area contributed by atoms with E-state index in [4.69, 9.17) is 15.2 Å². The van der Waals surface area contributed by atoms with Crippen LogP contribution in [0.25, 0.3) is 22.2 Å². The van der Waals surface area contributed by atoms with Crippen LogP contribution >= 0.6 is 0 Å². The minimum absolute atomic E-state index is 0. The second-order valence-corrected chi connectivity index (χ2v) is 10.8. The number of methoxy groups -OCH3 is 1. The summed E-state index contributed by atoms with van der Waals surface area (Å²) >= 11 is 0. The number of halogens is 5. The van der Waals surface area contributed by atoms with Crippen LogP contribution in [0.1, 0.15) is 56.3 Å². The van der Waals surface area contributed by atoms with Crippen LogP contribution in [-0.2, 0) is 16.1 Å². The van der Waals surface area contributed by atoms with E-state index >= 15 is 4.39 Å². The average molecular weight is 583 g/mol. The average Bonchev–Trinajstić information content (AvgIpc) is 3.77. The monoisotopic (exact) mass is 582 g/mol. The van der Waals surface area contributed by atoms with Gasteiger partial charge in [0.25, 0.3) is 0 Å². The molecule has 0 radical (unpaired) electrons. The van der Waals surface area contributed by atoms with Crippen LogP contribution in [0, 0.1) is 23.5 Å². The van der Waals surface area contributed by atoms with E-state index in [1.165, 1.54) is 6.20 Å². The molecule has 3 N–H and O–H groups in total. The number of benzene rings is 1. The van der Waals surface area contributed by atoms with Gasteiger partial charge >= 0.3 is 6.36 Å². The number of rotatable bonds is 11. The first-order valence-electron chi connectivity index (χ1n) is 13.5. The molecule has 0 bridgehead atoms. The van der Waals surface area contributed by atoms with Gasteiger partial charge in [-0.1, -0.05) is 7.43 Å². The summed E-state index contributed by atoms with van der Waals surface area (Å²) in [7, 11) is 1.65. The number of nitrogens with zero attached hydrogens (tertiary/aromatic N) is 2. The SMILES string of the molecule is C.COCCCCOCc1c(C2C3CNCC32)c2cnc(-c3cc(N)cc(F)c3OC(F)(F)F)c(F)c2n1C1CC1. The summed E-state index contributed by atoms with van der Waals surface area (Å²) in [5, 5.41) is 4.01. The normalized spacial score (nSPS) is 21.7. The fourth-order valence-corrected chi connectivity index (χ4v) is 6.25.